The normalized spacial score (nSPS) is 10.5. The van der Waals surface area contributed by atoms with E-state index in [2.05, 4.69) is 21.2 Å². The number of methoxy groups -OCH3 is 1. The Hall–Kier alpha value is -0.910. The third kappa shape index (κ3) is 6.18. The van der Waals surface area contributed by atoms with Crippen molar-refractivity contribution < 1.29 is 14.3 Å². The molecule has 106 valence electrons. The molecule has 1 aromatic carbocycles. The van der Waals surface area contributed by atoms with E-state index in [9.17, 15) is 4.79 Å². The molecule has 0 aromatic heterocycles. The second-order valence-corrected chi connectivity index (χ2v) is 5.01. The lowest BCUT2D eigenvalue weighted by molar-refractivity contribution is 0.0526. The van der Waals surface area contributed by atoms with Crippen molar-refractivity contribution in [2.24, 2.45) is 0 Å². The molecule has 0 atom stereocenters. The first-order chi connectivity index (χ1) is 9.17. The van der Waals surface area contributed by atoms with Gasteiger partial charge in [-0.1, -0.05) is 15.9 Å². The number of ether oxygens (including phenoxy) is 2. The lowest BCUT2D eigenvalue weighted by atomic mass is 10.1. The fraction of sp³-hybridized carbons (Fsp3) is 0.500. The first-order valence-electron chi connectivity index (χ1n) is 6.33. The van der Waals surface area contributed by atoms with Gasteiger partial charge in [-0.05, 0) is 43.7 Å². The molecule has 5 heteroatoms. The quantitative estimate of drug-likeness (QED) is 0.588. The summed E-state index contributed by atoms with van der Waals surface area (Å²) in [5.41, 5.74) is 1.62. The predicted molar refractivity (Wildman–Crippen MR) is 78.3 cm³/mol. The maximum absolute atomic E-state index is 11.7. The maximum Gasteiger partial charge on any atom is 0.338 e. The Morgan fingerprint density at radius 2 is 2.16 bits per heavy atom. The second-order valence-electron chi connectivity index (χ2n) is 4.09. The molecule has 1 rings (SSSR count). The van der Waals surface area contributed by atoms with Crippen LogP contribution in [-0.4, -0.2) is 32.8 Å². The lowest BCUT2D eigenvalue weighted by Gasteiger charge is -2.08. The number of hydrogen-bond donors (Lipinski definition) is 1. The third-order valence-corrected chi connectivity index (χ3v) is 2.96. The number of carbonyl (C=O) groups is 1. The summed E-state index contributed by atoms with van der Waals surface area (Å²) in [6, 6.07) is 5.62. The standard InChI is InChI=1S/C14H20BrNO3/c1-3-19-14(17)12-7-11(8-13(15)9-12)10-16-5-4-6-18-2/h7-9,16H,3-6,10H2,1-2H3. The van der Waals surface area contributed by atoms with Crippen LogP contribution in [0, 0.1) is 0 Å². The van der Waals surface area contributed by atoms with E-state index in [1.165, 1.54) is 0 Å². The monoisotopic (exact) mass is 329 g/mol. The molecule has 0 unspecified atom stereocenters. The number of benzene rings is 1. The van der Waals surface area contributed by atoms with Crippen LogP contribution in [0.5, 0.6) is 0 Å². The van der Waals surface area contributed by atoms with Gasteiger partial charge in [0.15, 0.2) is 0 Å². The fourth-order valence-corrected chi connectivity index (χ4v) is 2.20. The molecule has 0 spiro atoms. The van der Waals surface area contributed by atoms with Crippen molar-refractivity contribution in [3.8, 4) is 0 Å². The van der Waals surface area contributed by atoms with Gasteiger partial charge in [-0.3, -0.25) is 0 Å². The summed E-state index contributed by atoms with van der Waals surface area (Å²) in [6.07, 6.45) is 0.967. The van der Waals surface area contributed by atoms with Gasteiger partial charge in [-0.15, -0.1) is 0 Å². The molecule has 0 aliphatic heterocycles. The number of nitrogens with one attached hydrogen (secondary N) is 1. The minimum absolute atomic E-state index is 0.288. The molecule has 0 saturated heterocycles. The van der Waals surface area contributed by atoms with Crippen molar-refractivity contribution >= 4 is 21.9 Å². The van der Waals surface area contributed by atoms with Crippen LogP contribution < -0.4 is 5.32 Å². The minimum atomic E-state index is -0.288. The summed E-state index contributed by atoms with van der Waals surface area (Å²) in [4.78, 5) is 11.7. The molecule has 0 saturated carbocycles. The second kappa shape index (κ2) is 9.07. The van der Waals surface area contributed by atoms with E-state index in [-0.39, 0.29) is 5.97 Å². The van der Waals surface area contributed by atoms with Crippen molar-refractivity contribution in [1.29, 1.82) is 0 Å². The minimum Gasteiger partial charge on any atom is -0.462 e. The number of rotatable bonds is 8. The molecule has 0 radical (unpaired) electrons. The average Bonchev–Trinajstić information content (AvgIpc) is 2.38. The predicted octanol–water partition coefficient (Wildman–Crippen LogP) is 2.75. The van der Waals surface area contributed by atoms with Crippen LogP contribution in [0.25, 0.3) is 0 Å². The van der Waals surface area contributed by atoms with Crippen LogP contribution in [0.15, 0.2) is 22.7 Å². The van der Waals surface area contributed by atoms with Crippen LogP contribution in [0.3, 0.4) is 0 Å². The van der Waals surface area contributed by atoms with Crippen LogP contribution >= 0.6 is 15.9 Å². The summed E-state index contributed by atoms with van der Waals surface area (Å²) in [5, 5.41) is 3.31. The van der Waals surface area contributed by atoms with Crippen molar-refractivity contribution in [2.75, 3.05) is 26.9 Å². The molecule has 0 aliphatic carbocycles. The first-order valence-corrected chi connectivity index (χ1v) is 7.13. The molecule has 1 aromatic rings. The summed E-state index contributed by atoms with van der Waals surface area (Å²) in [6.45, 7) is 4.54. The van der Waals surface area contributed by atoms with E-state index in [0.717, 1.165) is 36.2 Å². The van der Waals surface area contributed by atoms with E-state index in [1.54, 1.807) is 20.1 Å². The molecular weight excluding hydrogens is 310 g/mol. The molecular formula is C14H20BrNO3. The SMILES string of the molecule is CCOC(=O)c1cc(Br)cc(CNCCCOC)c1. The molecule has 0 fully saturated rings. The molecule has 19 heavy (non-hydrogen) atoms. The van der Waals surface area contributed by atoms with E-state index < -0.39 is 0 Å². The number of carbonyl (C=O) groups excluding carboxylic acids is 1. The number of halogens is 1. The zero-order chi connectivity index (χ0) is 14.1. The van der Waals surface area contributed by atoms with Gasteiger partial charge in [-0.2, -0.15) is 0 Å². The van der Waals surface area contributed by atoms with E-state index in [4.69, 9.17) is 9.47 Å². The van der Waals surface area contributed by atoms with Gasteiger partial charge in [0.25, 0.3) is 0 Å². The largest absolute Gasteiger partial charge is 0.462 e. The van der Waals surface area contributed by atoms with Crippen LogP contribution in [0.2, 0.25) is 0 Å². The zero-order valence-corrected chi connectivity index (χ0v) is 13.0. The maximum atomic E-state index is 11.7. The van der Waals surface area contributed by atoms with E-state index >= 15 is 0 Å². The third-order valence-electron chi connectivity index (χ3n) is 2.50. The van der Waals surface area contributed by atoms with Gasteiger partial charge in [0.2, 0.25) is 0 Å². The van der Waals surface area contributed by atoms with Crippen molar-refractivity contribution in [1.82, 2.24) is 5.32 Å². The van der Waals surface area contributed by atoms with Crippen LogP contribution in [-0.2, 0) is 16.0 Å². The number of hydrogen-bond acceptors (Lipinski definition) is 4. The van der Waals surface area contributed by atoms with Crippen LogP contribution in [0.1, 0.15) is 29.3 Å². The van der Waals surface area contributed by atoms with Gasteiger partial charge in [0, 0.05) is 24.7 Å². The van der Waals surface area contributed by atoms with Crippen molar-refractivity contribution in [3.63, 3.8) is 0 Å². The molecule has 4 nitrogen and oxygen atoms in total. The number of esters is 1. The Labute approximate surface area is 122 Å². The molecule has 0 bridgehead atoms. The van der Waals surface area contributed by atoms with Crippen LogP contribution in [0.4, 0.5) is 0 Å². The highest BCUT2D eigenvalue weighted by atomic mass is 79.9. The fourth-order valence-electron chi connectivity index (χ4n) is 1.66. The highest BCUT2D eigenvalue weighted by Crippen LogP contribution is 2.16. The molecule has 0 heterocycles. The van der Waals surface area contributed by atoms with E-state index in [0.29, 0.717) is 12.2 Å². The van der Waals surface area contributed by atoms with Gasteiger partial charge >= 0.3 is 5.97 Å². The smallest absolute Gasteiger partial charge is 0.338 e. The zero-order valence-electron chi connectivity index (χ0n) is 11.4. The Bertz CT molecular complexity index is 410. The highest BCUT2D eigenvalue weighted by molar-refractivity contribution is 9.10. The molecule has 0 aliphatic rings. The van der Waals surface area contributed by atoms with Crippen molar-refractivity contribution in [3.05, 3.63) is 33.8 Å². The Morgan fingerprint density at radius 3 is 2.84 bits per heavy atom. The van der Waals surface area contributed by atoms with Gasteiger partial charge in [0.05, 0.1) is 12.2 Å². The molecule has 0 amide bonds. The highest BCUT2D eigenvalue weighted by Gasteiger charge is 2.08. The van der Waals surface area contributed by atoms with Gasteiger partial charge in [0.1, 0.15) is 0 Å². The summed E-state index contributed by atoms with van der Waals surface area (Å²) in [5.74, 6) is -0.288. The Morgan fingerprint density at radius 1 is 1.37 bits per heavy atom. The summed E-state index contributed by atoms with van der Waals surface area (Å²) < 4.78 is 10.9. The summed E-state index contributed by atoms with van der Waals surface area (Å²) in [7, 11) is 1.69. The Balaban J connectivity index is 2.56. The first kappa shape index (κ1) is 16.1. The molecule has 1 N–H and O–H groups in total. The average molecular weight is 330 g/mol. The van der Waals surface area contributed by atoms with Crippen molar-refractivity contribution in [2.45, 2.75) is 19.9 Å². The topological polar surface area (TPSA) is 47.6 Å². The van der Waals surface area contributed by atoms with Gasteiger partial charge in [-0.25, -0.2) is 4.79 Å². The summed E-state index contributed by atoms with van der Waals surface area (Å²) >= 11 is 3.41. The van der Waals surface area contributed by atoms with E-state index in [1.807, 2.05) is 12.1 Å². The lowest BCUT2D eigenvalue weighted by Crippen LogP contribution is -2.16. The Kier molecular flexibility index (Phi) is 7.70. The van der Waals surface area contributed by atoms with Gasteiger partial charge < -0.3 is 14.8 Å².